The monoisotopic (exact) mass is 335 g/mol. The van der Waals surface area contributed by atoms with Gasteiger partial charge in [-0.15, -0.1) is 0 Å². The van der Waals surface area contributed by atoms with Gasteiger partial charge >= 0.3 is 137 Å². The molecule has 4 heteroatoms. The molecule has 0 aromatic heterocycles. The molecule has 2 rings (SSSR count). The van der Waals surface area contributed by atoms with Gasteiger partial charge in [0, 0.05) is 0 Å². The van der Waals surface area contributed by atoms with Gasteiger partial charge in [0.25, 0.3) is 0 Å². The molecule has 0 aliphatic carbocycles. The molecular formula is C17H22NPS2. The van der Waals surface area contributed by atoms with Crippen molar-refractivity contribution >= 4 is 44.3 Å². The van der Waals surface area contributed by atoms with E-state index in [9.17, 15) is 0 Å². The van der Waals surface area contributed by atoms with E-state index < -0.39 is 5.81 Å². The van der Waals surface area contributed by atoms with Crippen LogP contribution < -0.4 is 10.6 Å². The van der Waals surface area contributed by atoms with Gasteiger partial charge in [-0.2, -0.15) is 0 Å². The summed E-state index contributed by atoms with van der Waals surface area (Å²) in [6.45, 7) is 4.77. The van der Waals surface area contributed by atoms with Crippen LogP contribution >= 0.6 is 29.4 Å². The van der Waals surface area contributed by atoms with Crippen LogP contribution in [0.4, 0.5) is 0 Å². The van der Waals surface area contributed by atoms with Gasteiger partial charge < -0.3 is 0 Å². The van der Waals surface area contributed by atoms with E-state index in [-0.39, 0.29) is 0 Å². The summed E-state index contributed by atoms with van der Waals surface area (Å²) in [5, 5.41) is 2.76. The zero-order chi connectivity index (χ0) is 15.5. The predicted molar refractivity (Wildman–Crippen MR) is 105 cm³/mol. The Labute approximate surface area is 137 Å². The van der Waals surface area contributed by atoms with Gasteiger partial charge in [0.05, 0.1) is 0 Å². The van der Waals surface area contributed by atoms with Gasteiger partial charge in [-0.3, -0.25) is 0 Å². The van der Waals surface area contributed by atoms with Crippen LogP contribution in [0.5, 0.6) is 0 Å². The first-order chi connectivity index (χ1) is 9.83. The first kappa shape index (κ1) is 16.5. The SMILES string of the molecule is CN(C)C(=S)SP(C)(C)(c1ccccc1)c1ccccc1. The summed E-state index contributed by atoms with van der Waals surface area (Å²) in [6, 6.07) is 21.5. The van der Waals surface area contributed by atoms with Crippen molar-refractivity contribution in [3.63, 3.8) is 0 Å². The third-order valence-corrected chi connectivity index (χ3v) is 12.8. The molecule has 21 heavy (non-hydrogen) atoms. The Morgan fingerprint density at radius 2 is 1.24 bits per heavy atom. The van der Waals surface area contributed by atoms with Crippen molar-refractivity contribution < 1.29 is 0 Å². The first-order valence-corrected chi connectivity index (χ1v) is 11.8. The zero-order valence-electron chi connectivity index (χ0n) is 13.0. The zero-order valence-corrected chi connectivity index (χ0v) is 15.5. The molecule has 0 spiro atoms. The normalized spacial score (nSPS) is 13.2. The molecule has 0 amide bonds. The van der Waals surface area contributed by atoms with E-state index in [4.69, 9.17) is 12.2 Å². The standard InChI is InChI=1S/C17H22NPS2/c1-18(2)17(20)21-19(3,4,15-11-7-5-8-12-15)16-13-9-6-10-14-16/h5-14H,1-4H3. The van der Waals surface area contributed by atoms with E-state index >= 15 is 0 Å². The van der Waals surface area contributed by atoms with Crippen LogP contribution in [-0.2, 0) is 0 Å². The minimum atomic E-state index is -2.39. The summed E-state index contributed by atoms with van der Waals surface area (Å²) >= 11 is 7.47. The molecule has 0 saturated carbocycles. The average Bonchev–Trinajstić information content (AvgIpc) is 2.49. The summed E-state index contributed by atoms with van der Waals surface area (Å²) in [5.41, 5.74) is 0. The van der Waals surface area contributed by atoms with E-state index in [0.29, 0.717) is 0 Å². The van der Waals surface area contributed by atoms with Crippen molar-refractivity contribution in [1.29, 1.82) is 0 Å². The number of benzene rings is 2. The number of rotatable bonds is 3. The molecule has 0 unspecified atom stereocenters. The number of hydrogen-bond donors (Lipinski definition) is 0. The third-order valence-electron chi connectivity index (χ3n) is 3.73. The van der Waals surface area contributed by atoms with Crippen LogP contribution in [0.25, 0.3) is 0 Å². The van der Waals surface area contributed by atoms with Crippen molar-refractivity contribution in [2.75, 3.05) is 27.4 Å². The van der Waals surface area contributed by atoms with Gasteiger partial charge in [0.15, 0.2) is 0 Å². The van der Waals surface area contributed by atoms with E-state index in [2.05, 4.69) is 74.0 Å². The summed E-state index contributed by atoms with van der Waals surface area (Å²) in [6.07, 6.45) is 0. The summed E-state index contributed by atoms with van der Waals surface area (Å²) in [7, 11) is 4.03. The summed E-state index contributed by atoms with van der Waals surface area (Å²) in [4.78, 5) is 2.03. The molecular weight excluding hydrogens is 313 g/mol. The van der Waals surface area contributed by atoms with Crippen LogP contribution in [0.3, 0.4) is 0 Å². The van der Waals surface area contributed by atoms with Gasteiger partial charge in [-0.1, -0.05) is 0 Å². The van der Waals surface area contributed by atoms with Crippen LogP contribution in [0.1, 0.15) is 0 Å². The molecule has 0 bridgehead atoms. The van der Waals surface area contributed by atoms with Gasteiger partial charge in [-0.25, -0.2) is 0 Å². The van der Waals surface area contributed by atoms with Crippen molar-refractivity contribution in [3.05, 3.63) is 60.7 Å². The number of thiocarbonyl (C=S) groups is 1. The second-order valence-electron chi connectivity index (χ2n) is 5.92. The van der Waals surface area contributed by atoms with Crippen LogP contribution in [-0.4, -0.2) is 36.6 Å². The van der Waals surface area contributed by atoms with E-state index in [0.717, 1.165) is 4.32 Å². The predicted octanol–water partition coefficient (Wildman–Crippen LogP) is 3.95. The van der Waals surface area contributed by atoms with Crippen molar-refractivity contribution in [1.82, 2.24) is 4.90 Å². The molecule has 0 fully saturated rings. The Morgan fingerprint density at radius 1 is 0.857 bits per heavy atom. The molecule has 0 N–H and O–H groups in total. The Hall–Kier alpha value is -0.890. The molecule has 0 aliphatic rings. The maximum absolute atomic E-state index is 5.62. The second-order valence-corrected chi connectivity index (χ2v) is 16.0. The fourth-order valence-electron chi connectivity index (χ4n) is 2.29. The fraction of sp³-hybridized carbons (Fsp3) is 0.235. The summed E-state index contributed by atoms with van der Waals surface area (Å²) in [5.74, 6) is -2.39. The Kier molecular flexibility index (Phi) is 4.77. The Morgan fingerprint density at radius 3 is 1.57 bits per heavy atom. The van der Waals surface area contributed by atoms with Crippen LogP contribution in [0.2, 0.25) is 0 Å². The quantitative estimate of drug-likeness (QED) is 0.618. The molecule has 0 saturated heterocycles. The van der Waals surface area contributed by atoms with Gasteiger partial charge in [-0.05, 0) is 0 Å². The van der Waals surface area contributed by atoms with Gasteiger partial charge in [0.1, 0.15) is 0 Å². The molecule has 1 nitrogen and oxygen atoms in total. The van der Waals surface area contributed by atoms with E-state index in [1.54, 1.807) is 0 Å². The molecule has 0 atom stereocenters. The minimum absolute atomic E-state index is 0.936. The topological polar surface area (TPSA) is 3.24 Å². The van der Waals surface area contributed by atoms with Crippen LogP contribution in [0.15, 0.2) is 60.7 Å². The second kappa shape index (κ2) is 6.08. The fourth-order valence-corrected chi connectivity index (χ4v) is 10.8. The molecule has 0 aliphatic heterocycles. The molecule has 2 aromatic carbocycles. The Bertz CT molecular complexity index is 580. The number of nitrogens with zero attached hydrogens (tertiary/aromatic N) is 1. The van der Waals surface area contributed by atoms with Gasteiger partial charge in [0.2, 0.25) is 0 Å². The van der Waals surface area contributed by atoms with Crippen molar-refractivity contribution in [3.8, 4) is 0 Å². The van der Waals surface area contributed by atoms with Crippen molar-refractivity contribution in [2.45, 2.75) is 0 Å². The van der Waals surface area contributed by atoms with Crippen LogP contribution in [0, 0.1) is 0 Å². The summed E-state index contributed by atoms with van der Waals surface area (Å²) < 4.78 is 0.936. The number of hydrogen-bond acceptors (Lipinski definition) is 2. The van der Waals surface area contributed by atoms with E-state index in [1.165, 1.54) is 10.6 Å². The van der Waals surface area contributed by atoms with E-state index in [1.807, 2.05) is 30.4 Å². The average molecular weight is 335 g/mol. The molecule has 2 aromatic rings. The molecule has 112 valence electrons. The first-order valence-electron chi connectivity index (χ1n) is 6.87. The Balaban J connectivity index is 2.62. The molecule has 0 radical (unpaired) electrons. The maximum atomic E-state index is 5.62. The van der Waals surface area contributed by atoms with Crippen molar-refractivity contribution in [2.24, 2.45) is 0 Å². The molecule has 0 heterocycles. The third kappa shape index (κ3) is 3.31.